The number of carboxylic acid groups (broad SMARTS) is 1. The number of hydrogen-bond acceptors (Lipinski definition) is 2. The van der Waals surface area contributed by atoms with Crippen LogP contribution in [0.3, 0.4) is 0 Å². The summed E-state index contributed by atoms with van der Waals surface area (Å²) in [6, 6.07) is -0.636. The van der Waals surface area contributed by atoms with Crippen molar-refractivity contribution in [1.29, 1.82) is 0 Å². The third-order valence-corrected chi connectivity index (χ3v) is 2.17. The number of carbonyl (C=O) groups is 1. The Bertz CT molecular complexity index is 212. The van der Waals surface area contributed by atoms with Gasteiger partial charge in [-0.3, -0.25) is 4.79 Å². The number of hydrogen-bond donors (Lipinski definition) is 2. The van der Waals surface area contributed by atoms with Crippen molar-refractivity contribution in [1.82, 2.24) is 0 Å². The zero-order valence-corrected chi connectivity index (χ0v) is 7.28. The molecule has 0 bridgehead atoms. The zero-order chi connectivity index (χ0) is 9.57. The van der Waals surface area contributed by atoms with E-state index in [2.05, 4.69) is 0 Å². The number of aliphatic carboxylic acids is 1. The van der Waals surface area contributed by atoms with Crippen molar-refractivity contribution < 1.29 is 23.1 Å². The average Bonchev–Trinajstić information content (AvgIpc) is 1.76. The van der Waals surface area contributed by atoms with Gasteiger partial charge in [0, 0.05) is 6.04 Å². The van der Waals surface area contributed by atoms with Crippen molar-refractivity contribution in [2.45, 2.75) is 25.1 Å². The van der Waals surface area contributed by atoms with Gasteiger partial charge in [0.1, 0.15) is 0 Å². The molecule has 0 aromatic carbocycles. The van der Waals surface area contributed by atoms with Crippen LogP contribution in [-0.4, -0.2) is 23.3 Å². The minimum Gasteiger partial charge on any atom is -0.481 e. The molecule has 1 aliphatic rings. The molecule has 0 saturated heterocycles. The quantitative estimate of drug-likeness (QED) is 0.696. The lowest BCUT2D eigenvalue weighted by atomic mass is 9.65. The van der Waals surface area contributed by atoms with Crippen molar-refractivity contribution in [3.05, 3.63) is 0 Å². The molecule has 0 atom stereocenters. The van der Waals surface area contributed by atoms with Crippen molar-refractivity contribution in [2.24, 2.45) is 11.1 Å². The smallest absolute Gasteiger partial charge is 0.405 e. The van der Waals surface area contributed by atoms with E-state index in [1.54, 1.807) is 0 Å². The van der Waals surface area contributed by atoms with E-state index in [1.807, 2.05) is 0 Å². The fourth-order valence-electron chi connectivity index (χ4n) is 1.36. The molecule has 1 rings (SSSR count). The molecule has 13 heavy (non-hydrogen) atoms. The Balaban J connectivity index is 0.00000144. The van der Waals surface area contributed by atoms with Crippen LogP contribution in [0.1, 0.15) is 12.8 Å². The first kappa shape index (κ1) is 12.5. The van der Waals surface area contributed by atoms with Crippen LogP contribution in [-0.2, 0) is 4.79 Å². The molecule has 7 heteroatoms. The predicted molar refractivity (Wildman–Crippen MR) is 40.6 cm³/mol. The average molecular weight is 220 g/mol. The van der Waals surface area contributed by atoms with Crippen LogP contribution in [0.2, 0.25) is 0 Å². The van der Waals surface area contributed by atoms with Crippen molar-refractivity contribution >= 4 is 18.4 Å². The molecule has 3 nitrogen and oxygen atoms in total. The summed E-state index contributed by atoms with van der Waals surface area (Å²) in [6.07, 6.45) is -5.70. The molecule has 0 unspecified atom stereocenters. The number of carboxylic acids is 1. The van der Waals surface area contributed by atoms with E-state index in [0.717, 1.165) is 0 Å². The van der Waals surface area contributed by atoms with Crippen LogP contribution >= 0.6 is 12.4 Å². The van der Waals surface area contributed by atoms with E-state index >= 15 is 0 Å². The van der Waals surface area contributed by atoms with Gasteiger partial charge in [-0.15, -0.1) is 12.4 Å². The summed E-state index contributed by atoms with van der Waals surface area (Å²) in [6.45, 7) is 0. The molecule has 1 saturated carbocycles. The fraction of sp³-hybridized carbons (Fsp3) is 0.833. The molecule has 0 aromatic rings. The molecular formula is C6H9ClF3NO2. The lowest BCUT2D eigenvalue weighted by Crippen LogP contribution is -2.58. The molecule has 0 amide bonds. The number of nitrogens with two attached hydrogens (primary N) is 1. The van der Waals surface area contributed by atoms with Crippen LogP contribution in [0.5, 0.6) is 0 Å². The normalized spacial score (nSPS) is 33.1. The Labute approximate surface area is 78.5 Å². The monoisotopic (exact) mass is 219 g/mol. The number of alkyl halides is 3. The second-order valence-corrected chi connectivity index (χ2v) is 3.05. The highest BCUT2D eigenvalue weighted by Crippen LogP contribution is 2.52. The van der Waals surface area contributed by atoms with Gasteiger partial charge in [-0.1, -0.05) is 0 Å². The Morgan fingerprint density at radius 1 is 1.46 bits per heavy atom. The van der Waals surface area contributed by atoms with Crippen LogP contribution in [0.25, 0.3) is 0 Å². The lowest BCUT2D eigenvalue weighted by Gasteiger charge is -2.43. The summed E-state index contributed by atoms with van der Waals surface area (Å²) in [5.74, 6) is -1.82. The van der Waals surface area contributed by atoms with Crippen LogP contribution in [0.4, 0.5) is 13.2 Å². The van der Waals surface area contributed by atoms with Gasteiger partial charge in [0.2, 0.25) is 0 Å². The molecule has 1 aliphatic carbocycles. The summed E-state index contributed by atoms with van der Waals surface area (Å²) in [5.41, 5.74) is 2.55. The van der Waals surface area contributed by atoms with Crippen LogP contribution < -0.4 is 5.73 Å². The Morgan fingerprint density at radius 3 is 1.92 bits per heavy atom. The number of rotatable bonds is 1. The third-order valence-electron chi connectivity index (χ3n) is 2.17. The summed E-state index contributed by atoms with van der Waals surface area (Å²) < 4.78 is 36.4. The summed E-state index contributed by atoms with van der Waals surface area (Å²) in [5, 5.41) is 8.36. The maximum atomic E-state index is 12.1. The lowest BCUT2D eigenvalue weighted by molar-refractivity contribution is -0.255. The Hall–Kier alpha value is -0.490. The minimum absolute atomic E-state index is 0. The summed E-state index contributed by atoms with van der Waals surface area (Å²) in [7, 11) is 0. The fourth-order valence-corrected chi connectivity index (χ4v) is 1.36. The minimum atomic E-state index is -4.69. The maximum absolute atomic E-state index is 12.1. The first-order chi connectivity index (χ1) is 5.29. The van der Waals surface area contributed by atoms with Gasteiger partial charge in [-0.05, 0) is 12.8 Å². The summed E-state index contributed by atoms with van der Waals surface area (Å²) >= 11 is 0. The van der Waals surface area contributed by atoms with E-state index in [-0.39, 0.29) is 12.4 Å². The second-order valence-electron chi connectivity index (χ2n) is 3.05. The molecule has 3 N–H and O–H groups in total. The van der Waals surface area contributed by atoms with Gasteiger partial charge in [0.05, 0.1) is 0 Å². The van der Waals surface area contributed by atoms with Crippen LogP contribution in [0.15, 0.2) is 0 Å². The molecule has 0 spiro atoms. The van der Waals surface area contributed by atoms with Gasteiger partial charge < -0.3 is 10.8 Å². The number of halogens is 4. The molecule has 0 aliphatic heterocycles. The van der Waals surface area contributed by atoms with E-state index in [9.17, 15) is 18.0 Å². The van der Waals surface area contributed by atoms with Gasteiger partial charge >= 0.3 is 12.1 Å². The summed E-state index contributed by atoms with van der Waals surface area (Å²) in [4.78, 5) is 10.3. The van der Waals surface area contributed by atoms with Gasteiger partial charge in [-0.25, -0.2) is 0 Å². The predicted octanol–water partition coefficient (Wildman–Crippen LogP) is 1.16. The molecule has 1 fully saturated rings. The van der Waals surface area contributed by atoms with Crippen molar-refractivity contribution in [3.8, 4) is 0 Å². The highest BCUT2D eigenvalue weighted by atomic mass is 35.5. The van der Waals surface area contributed by atoms with E-state index in [1.165, 1.54) is 0 Å². The molecule has 0 aromatic heterocycles. The molecule has 78 valence electrons. The molecule has 0 heterocycles. The second kappa shape index (κ2) is 3.34. The highest BCUT2D eigenvalue weighted by Gasteiger charge is 2.66. The van der Waals surface area contributed by atoms with Crippen molar-refractivity contribution in [3.63, 3.8) is 0 Å². The SMILES string of the molecule is Cl.NC1CC(C(=O)O)(C(F)(F)F)C1. The molecular weight excluding hydrogens is 211 g/mol. The van der Waals surface area contributed by atoms with Gasteiger partial charge in [0.25, 0.3) is 0 Å². The standard InChI is InChI=1S/C6H8F3NO2.ClH/c7-6(8,9)5(4(11)12)1-3(10)2-5;/h3H,1-2,10H2,(H,11,12);1H. The first-order valence-electron chi connectivity index (χ1n) is 3.35. The molecule has 0 radical (unpaired) electrons. The van der Waals surface area contributed by atoms with E-state index in [4.69, 9.17) is 10.8 Å². The zero-order valence-electron chi connectivity index (χ0n) is 6.47. The maximum Gasteiger partial charge on any atom is 0.405 e. The van der Waals surface area contributed by atoms with Gasteiger partial charge in [0.15, 0.2) is 5.41 Å². The van der Waals surface area contributed by atoms with Gasteiger partial charge in [-0.2, -0.15) is 13.2 Å². The largest absolute Gasteiger partial charge is 0.481 e. The topological polar surface area (TPSA) is 63.3 Å². The van der Waals surface area contributed by atoms with E-state index < -0.39 is 36.4 Å². The highest BCUT2D eigenvalue weighted by molar-refractivity contribution is 5.85. The Kier molecular flexibility index (Phi) is 3.21. The third kappa shape index (κ3) is 1.73. The van der Waals surface area contributed by atoms with E-state index in [0.29, 0.717) is 0 Å². The van der Waals surface area contributed by atoms with Crippen molar-refractivity contribution in [2.75, 3.05) is 0 Å². The Morgan fingerprint density at radius 2 is 1.85 bits per heavy atom. The first-order valence-corrected chi connectivity index (χ1v) is 3.35. The van der Waals surface area contributed by atoms with Crippen LogP contribution in [0, 0.1) is 5.41 Å².